The van der Waals surface area contributed by atoms with Gasteiger partial charge < -0.3 is 15.1 Å². The summed E-state index contributed by atoms with van der Waals surface area (Å²) in [4.78, 5) is 34.1. The lowest BCUT2D eigenvalue weighted by molar-refractivity contribution is -0.116. The summed E-state index contributed by atoms with van der Waals surface area (Å²) in [5, 5.41) is 3.24. The molecule has 0 unspecified atom stereocenters. The Kier molecular flexibility index (Phi) is 5.50. The molecule has 1 N–H and O–H groups in total. The summed E-state index contributed by atoms with van der Waals surface area (Å²) in [5.41, 5.74) is 2.43. The number of carbonyl (C=O) groups is 1. The van der Waals surface area contributed by atoms with Crippen molar-refractivity contribution in [3.63, 3.8) is 0 Å². The molecular weight excluding hydrogens is 385 g/mol. The number of hydrogen-bond donors (Lipinski definition) is 1. The average Bonchev–Trinajstić information content (AvgIpc) is 2.72. The lowest BCUT2D eigenvalue weighted by Gasteiger charge is -2.35. The van der Waals surface area contributed by atoms with E-state index in [0.717, 1.165) is 37.4 Å². The molecule has 1 aliphatic heterocycles. The SMILES string of the molecule is Cc1cccc2c(=O)n(CC(=O)Nc3cc(F)ccc3N3CCN(C)CC3)cnc12. The molecule has 0 spiro atoms. The summed E-state index contributed by atoms with van der Waals surface area (Å²) in [6.45, 7) is 5.05. The number of carbonyl (C=O) groups excluding carboxylic acids is 1. The van der Waals surface area contributed by atoms with Crippen molar-refractivity contribution in [1.82, 2.24) is 14.5 Å². The van der Waals surface area contributed by atoms with Gasteiger partial charge in [0.05, 0.1) is 28.6 Å². The molecule has 0 bridgehead atoms. The number of hydrogen-bond acceptors (Lipinski definition) is 5. The zero-order valence-electron chi connectivity index (χ0n) is 17.1. The maximum absolute atomic E-state index is 13.9. The Bertz CT molecular complexity index is 1150. The van der Waals surface area contributed by atoms with Crippen molar-refractivity contribution in [3.8, 4) is 0 Å². The average molecular weight is 409 g/mol. The summed E-state index contributed by atoms with van der Waals surface area (Å²) >= 11 is 0. The minimum absolute atomic E-state index is 0.200. The maximum Gasteiger partial charge on any atom is 0.261 e. The van der Waals surface area contributed by atoms with Gasteiger partial charge in [0.25, 0.3) is 5.56 Å². The zero-order valence-corrected chi connectivity index (χ0v) is 17.1. The normalized spacial score (nSPS) is 14.8. The predicted molar refractivity (Wildman–Crippen MR) is 115 cm³/mol. The summed E-state index contributed by atoms with van der Waals surface area (Å²) < 4.78 is 15.2. The number of benzene rings is 2. The Balaban J connectivity index is 1.56. The monoisotopic (exact) mass is 409 g/mol. The van der Waals surface area contributed by atoms with E-state index in [1.54, 1.807) is 18.2 Å². The van der Waals surface area contributed by atoms with Gasteiger partial charge >= 0.3 is 0 Å². The number of fused-ring (bicyclic) bond motifs is 1. The molecule has 0 saturated carbocycles. The molecule has 7 nitrogen and oxygen atoms in total. The summed E-state index contributed by atoms with van der Waals surface area (Å²) in [6.07, 6.45) is 1.38. The van der Waals surface area contributed by atoms with E-state index >= 15 is 0 Å². The third-order valence-electron chi connectivity index (χ3n) is 5.45. The highest BCUT2D eigenvalue weighted by atomic mass is 19.1. The van der Waals surface area contributed by atoms with E-state index in [2.05, 4.69) is 27.1 Å². The van der Waals surface area contributed by atoms with Gasteiger partial charge in [-0.25, -0.2) is 9.37 Å². The molecule has 1 fully saturated rings. The van der Waals surface area contributed by atoms with Crippen LogP contribution < -0.4 is 15.8 Å². The minimum Gasteiger partial charge on any atom is -0.367 e. The number of piperazine rings is 1. The number of aryl methyl sites for hydroxylation is 1. The van der Waals surface area contributed by atoms with Crippen LogP contribution in [0.15, 0.2) is 47.5 Å². The first-order chi connectivity index (χ1) is 14.4. The highest BCUT2D eigenvalue weighted by molar-refractivity contribution is 5.94. The molecule has 3 aromatic rings. The number of halogens is 1. The molecule has 0 radical (unpaired) electrons. The molecule has 1 aliphatic rings. The molecule has 1 saturated heterocycles. The third-order valence-corrected chi connectivity index (χ3v) is 5.45. The van der Waals surface area contributed by atoms with E-state index in [-0.39, 0.29) is 12.1 Å². The van der Waals surface area contributed by atoms with Crippen LogP contribution in [0.2, 0.25) is 0 Å². The first-order valence-electron chi connectivity index (χ1n) is 9.90. The van der Waals surface area contributed by atoms with Crippen LogP contribution >= 0.6 is 0 Å². The molecule has 1 aromatic heterocycles. The first kappa shape index (κ1) is 20.0. The van der Waals surface area contributed by atoms with Crippen molar-refractivity contribution in [1.29, 1.82) is 0 Å². The third kappa shape index (κ3) is 4.04. The van der Waals surface area contributed by atoms with E-state index in [1.807, 2.05) is 13.0 Å². The van der Waals surface area contributed by atoms with E-state index in [0.29, 0.717) is 16.6 Å². The van der Waals surface area contributed by atoms with Crippen LogP contribution in [0.25, 0.3) is 10.9 Å². The van der Waals surface area contributed by atoms with Gasteiger partial charge in [-0.05, 0) is 43.8 Å². The van der Waals surface area contributed by atoms with Crippen LogP contribution in [0.1, 0.15) is 5.56 Å². The van der Waals surface area contributed by atoms with Crippen LogP contribution in [-0.2, 0) is 11.3 Å². The van der Waals surface area contributed by atoms with Crippen molar-refractivity contribution in [2.45, 2.75) is 13.5 Å². The molecule has 2 heterocycles. The molecular formula is C22H24FN5O2. The van der Waals surface area contributed by atoms with Gasteiger partial charge in [0.15, 0.2) is 0 Å². The lowest BCUT2D eigenvalue weighted by Crippen LogP contribution is -2.44. The second-order valence-electron chi connectivity index (χ2n) is 7.65. The standard InChI is InChI=1S/C22H24FN5O2/c1-15-4-3-5-17-21(15)24-14-28(22(17)30)13-20(29)25-18-12-16(23)6-7-19(18)27-10-8-26(2)9-11-27/h3-7,12,14H,8-11,13H2,1-2H3,(H,25,29). The van der Waals surface area contributed by atoms with E-state index in [9.17, 15) is 14.0 Å². The van der Waals surface area contributed by atoms with Crippen LogP contribution in [0.5, 0.6) is 0 Å². The number of para-hydroxylation sites is 1. The fourth-order valence-electron chi connectivity index (χ4n) is 3.73. The number of rotatable bonds is 4. The molecule has 8 heteroatoms. The molecule has 156 valence electrons. The minimum atomic E-state index is -0.428. The maximum atomic E-state index is 13.9. The van der Waals surface area contributed by atoms with E-state index < -0.39 is 11.7 Å². The quantitative estimate of drug-likeness (QED) is 0.716. The van der Waals surface area contributed by atoms with Crippen molar-refractivity contribution in [3.05, 3.63) is 64.5 Å². The topological polar surface area (TPSA) is 70.5 Å². The first-order valence-corrected chi connectivity index (χ1v) is 9.90. The number of nitrogens with one attached hydrogen (secondary N) is 1. The summed E-state index contributed by atoms with van der Waals surface area (Å²) in [7, 11) is 2.06. The van der Waals surface area contributed by atoms with Gasteiger partial charge in [-0.3, -0.25) is 14.2 Å². The number of amides is 1. The number of nitrogens with zero attached hydrogens (tertiary/aromatic N) is 4. The number of likely N-dealkylation sites (N-methyl/N-ethyl adjacent to an activating group) is 1. The Labute approximate surface area is 173 Å². The largest absolute Gasteiger partial charge is 0.367 e. The van der Waals surface area contributed by atoms with Crippen molar-refractivity contribution < 1.29 is 9.18 Å². The molecule has 4 rings (SSSR count). The van der Waals surface area contributed by atoms with Gasteiger partial charge in [-0.1, -0.05) is 12.1 Å². The van der Waals surface area contributed by atoms with Crippen molar-refractivity contribution in [2.75, 3.05) is 43.4 Å². The van der Waals surface area contributed by atoms with Crippen molar-refractivity contribution in [2.24, 2.45) is 0 Å². The highest BCUT2D eigenvalue weighted by Gasteiger charge is 2.19. The van der Waals surface area contributed by atoms with Gasteiger partial charge in [0.2, 0.25) is 5.91 Å². The molecule has 2 aromatic carbocycles. The fourth-order valence-corrected chi connectivity index (χ4v) is 3.73. The van der Waals surface area contributed by atoms with Crippen LogP contribution in [0, 0.1) is 12.7 Å². The summed E-state index contributed by atoms with van der Waals surface area (Å²) in [6, 6.07) is 9.77. The van der Waals surface area contributed by atoms with Crippen molar-refractivity contribution >= 4 is 28.2 Å². The predicted octanol–water partition coefficient (Wildman–Crippen LogP) is 2.23. The van der Waals surface area contributed by atoms with Gasteiger partial charge in [0.1, 0.15) is 12.4 Å². The fraction of sp³-hybridized carbons (Fsp3) is 0.318. The Morgan fingerprint density at radius 1 is 1.17 bits per heavy atom. The second-order valence-corrected chi connectivity index (χ2v) is 7.65. The number of aromatic nitrogens is 2. The van der Waals surface area contributed by atoms with E-state index in [4.69, 9.17) is 0 Å². The van der Waals surface area contributed by atoms with Crippen LogP contribution in [-0.4, -0.2) is 53.6 Å². The molecule has 1 amide bonds. The number of anilines is 2. The molecule has 0 atom stereocenters. The van der Waals surface area contributed by atoms with Gasteiger partial charge in [-0.2, -0.15) is 0 Å². The zero-order chi connectivity index (χ0) is 21.3. The van der Waals surface area contributed by atoms with Crippen LogP contribution in [0.4, 0.5) is 15.8 Å². The second kappa shape index (κ2) is 8.23. The molecule has 30 heavy (non-hydrogen) atoms. The molecule has 0 aliphatic carbocycles. The Morgan fingerprint density at radius 3 is 2.70 bits per heavy atom. The Hall–Kier alpha value is -3.26. The lowest BCUT2D eigenvalue weighted by atomic mass is 10.1. The summed E-state index contributed by atoms with van der Waals surface area (Å²) in [5.74, 6) is -0.838. The van der Waals surface area contributed by atoms with Crippen LogP contribution in [0.3, 0.4) is 0 Å². The smallest absolute Gasteiger partial charge is 0.261 e. The van der Waals surface area contributed by atoms with Gasteiger partial charge in [0, 0.05) is 26.2 Å². The highest BCUT2D eigenvalue weighted by Crippen LogP contribution is 2.28. The van der Waals surface area contributed by atoms with E-state index in [1.165, 1.54) is 23.0 Å². The van der Waals surface area contributed by atoms with Gasteiger partial charge in [-0.15, -0.1) is 0 Å². The Morgan fingerprint density at radius 2 is 1.93 bits per heavy atom.